The molecule has 0 aliphatic heterocycles. The highest BCUT2D eigenvalue weighted by atomic mass is 15.1. The van der Waals surface area contributed by atoms with Crippen molar-refractivity contribution in [1.82, 2.24) is 9.97 Å². The van der Waals surface area contributed by atoms with Crippen LogP contribution in [0.4, 0.5) is 11.8 Å². The van der Waals surface area contributed by atoms with Crippen LogP contribution in [0.25, 0.3) is 10.9 Å². The monoisotopic (exact) mass is 272 g/mol. The third kappa shape index (κ3) is 3.59. The van der Waals surface area contributed by atoms with E-state index in [4.69, 9.17) is 5.73 Å². The van der Waals surface area contributed by atoms with Gasteiger partial charge < -0.3 is 11.1 Å². The molecule has 1 unspecified atom stereocenters. The van der Waals surface area contributed by atoms with Gasteiger partial charge in [0.15, 0.2) is 0 Å². The van der Waals surface area contributed by atoms with Gasteiger partial charge in [-0.15, -0.1) is 0 Å². The van der Waals surface area contributed by atoms with Crippen molar-refractivity contribution in [3.63, 3.8) is 0 Å². The molecule has 3 N–H and O–H groups in total. The predicted molar refractivity (Wildman–Crippen MR) is 85.8 cm³/mol. The van der Waals surface area contributed by atoms with Gasteiger partial charge in [-0.25, -0.2) is 4.98 Å². The van der Waals surface area contributed by atoms with E-state index in [0.717, 1.165) is 23.1 Å². The summed E-state index contributed by atoms with van der Waals surface area (Å²) in [6.07, 6.45) is 5.94. The quantitative estimate of drug-likeness (QED) is 0.800. The summed E-state index contributed by atoms with van der Waals surface area (Å²) in [5, 5.41) is 4.61. The van der Waals surface area contributed by atoms with E-state index in [2.05, 4.69) is 29.1 Å². The van der Waals surface area contributed by atoms with E-state index < -0.39 is 0 Å². The minimum Gasteiger partial charge on any atom is -0.368 e. The number of fused-ring (bicyclic) bond motifs is 1. The molecule has 4 heteroatoms. The predicted octanol–water partition coefficient (Wildman–Crippen LogP) is 3.98. The lowest BCUT2D eigenvalue weighted by Gasteiger charge is -2.19. The van der Waals surface area contributed by atoms with Crippen LogP contribution in [-0.4, -0.2) is 16.0 Å². The number of benzene rings is 1. The van der Waals surface area contributed by atoms with E-state index in [0.29, 0.717) is 12.0 Å². The minimum atomic E-state index is 0.330. The molecule has 0 amide bonds. The average Bonchev–Trinajstić information content (AvgIpc) is 2.44. The lowest BCUT2D eigenvalue weighted by molar-refractivity contribution is 0.563. The van der Waals surface area contributed by atoms with Crippen molar-refractivity contribution >= 4 is 22.7 Å². The molecule has 1 aromatic carbocycles. The van der Waals surface area contributed by atoms with Crippen molar-refractivity contribution in [2.24, 2.45) is 0 Å². The Balaban J connectivity index is 2.26. The molecule has 1 atom stereocenters. The molecule has 20 heavy (non-hydrogen) atoms. The Bertz CT molecular complexity index is 553. The van der Waals surface area contributed by atoms with Crippen LogP contribution in [0, 0.1) is 0 Å². The summed E-state index contributed by atoms with van der Waals surface area (Å²) in [5.74, 6) is 1.19. The van der Waals surface area contributed by atoms with Gasteiger partial charge in [0.25, 0.3) is 0 Å². The number of nitrogens with two attached hydrogens (primary N) is 1. The molecule has 0 radical (unpaired) electrons. The standard InChI is InChI=1S/C16H24N4/c1-3-5-9-12(8-4-2)18-15-13-10-6-7-11-14(13)19-16(17)20-15/h6-7,10-12H,3-5,8-9H2,1-2H3,(H3,17,18,19,20). The number of nitrogens with zero attached hydrogens (tertiary/aromatic N) is 2. The van der Waals surface area contributed by atoms with E-state index in [9.17, 15) is 0 Å². The molecular formula is C16H24N4. The summed E-state index contributed by atoms with van der Waals surface area (Å²) < 4.78 is 0. The number of unbranched alkanes of at least 4 members (excludes halogenated alkanes) is 1. The minimum absolute atomic E-state index is 0.330. The first kappa shape index (κ1) is 14.6. The molecule has 108 valence electrons. The maximum atomic E-state index is 5.81. The number of nitrogens with one attached hydrogen (secondary N) is 1. The zero-order valence-electron chi connectivity index (χ0n) is 12.4. The normalized spacial score (nSPS) is 12.5. The van der Waals surface area contributed by atoms with Gasteiger partial charge >= 0.3 is 0 Å². The molecular weight excluding hydrogens is 248 g/mol. The fraction of sp³-hybridized carbons (Fsp3) is 0.500. The maximum Gasteiger partial charge on any atom is 0.222 e. The van der Waals surface area contributed by atoms with Crippen LogP contribution in [0.3, 0.4) is 0 Å². The summed E-state index contributed by atoms with van der Waals surface area (Å²) in [6.45, 7) is 4.44. The van der Waals surface area contributed by atoms with E-state index in [1.807, 2.05) is 24.3 Å². The van der Waals surface area contributed by atoms with Crippen LogP contribution >= 0.6 is 0 Å². The summed E-state index contributed by atoms with van der Waals surface area (Å²) in [4.78, 5) is 8.67. The fourth-order valence-electron chi connectivity index (χ4n) is 2.49. The first-order valence-electron chi connectivity index (χ1n) is 7.53. The summed E-state index contributed by atoms with van der Waals surface area (Å²) >= 11 is 0. The maximum absolute atomic E-state index is 5.81. The van der Waals surface area contributed by atoms with Crippen molar-refractivity contribution in [2.45, 2.75) is 52.0 Å². The smallest absolute Gasteiger partial charge is 0.222 e. The number of rotatable bonds is 7. The SMILES string of the molecule is CCCCC(CCC)Nc1nc(N)nc2ccccc12. The molecule has 0 saturated heterocycles. The molecule has 0 bridgehead atoms. The second-order valence-electron chi connectivity index (χ2n) is 5.22. The van der Waals surface area contributed by atoms with Crippen molar-refractivity contribution < 1.29 is 0 Å². The van der Waals surface area contributed by atoms with E-state index >= 15 is 0 Å². The van der Waals surface area contributed by atoms with Gasteiger partial charge in [-0.3, -0.25) is 0 Å². The molecule has 0 fully saturated rings. The number of hydrogen-bond donors (Lipinski definition) is 2. The van der Waals surface area contributed by atoms with Gasteiger partial charge in [0.1, 0.15) is 5.82 Å². The Morgan fingerprint density at radius 1 is 1.10 bits per heavy atom. The first-order valence-corrected chi connectivity index (χ1v) is 7.53. The Morgan fingerprint density at radius 3 is 2.65 bits per heavy atom. The lowest BCUT2D eigenvalue weighted by atomic mass is 10.0. The van der Waals surface area contributed by atoms with Crippen LogP contribution in [0.1, 0.15) is 46.0 Å². The van der Waals surface area contributed by atoms with E-state index in [1.54, 1.807) is 0 Å². The number of para-hydroxylation sites is 1. The van der Waals surface area contributed by atoms with Gasteiger partial charge in [0.05, 0.1) is 5.52 Å². The number of nitrogen functional groups attached to an aromatic ring is 1. The van der Waals surface area contributed by atoms with Gasteiger partial charge in [-0.1, -0.05) is 45.2 Å². The fourth-order valence-corrected chi connectivity index (χ4v) is 2.49. The molecule has 4 nitrogen and oxygen atoms in total. The Labute approximate surface area is 120 Å². The van der Waals surface area contributed by atoms with Gasteiger partial charge in [-0.05, 0) is 25.0 Å². The zero-order chi connectivity index (χ0) is 14.4. The number of hydrogen-bond acceptors (Lipinski definition) is 4. The van der Waals surface area contributed by atoms with Crippen molar-refractivity contribution in [3.8, 4) is 0 Å². The van der Waals surface area contributed by atoms with Crippen molar-refractivity contribution in [1.29, 1.82) is 0 Å². The molecule has 0 saturated carbocycles. The number of aromatic nitrogens is 2. The third-order valence-electron chi connectivity index (χ3n) is 3.50. The largest absolute Gasteiger partial charge is 0.368 e. The van der Waals surface area contributed by atoms with Gasteiger partial charge in [-0.2, -0.15) is 4.98 Å². The molecule has 0 spiro atoms. The molecule has 2 rings (SSSR count). The molecule has 1 aromatic heterocycles. The highest BCUT2D eigenvalue weighted by Crippen LogP contribution is 2.23. The first-order chi connectivity index (χ1) is 9.74. The second kappa shape index (κ2) is 7.08. The van der Waals surface area contributed by atoms with Crippen LogP contribution < -0.4 is 11.1 Å². The Morgan fingerprint density at radius 2 is 1.90 bits per heavy atom. The summed E-state index contributed by atoms with van der Waals surface area (Å²) in [6, 6.07) is 8.45. The van der Waals surface area contributed by atoms with Crippen LogP contribution in [0.5, 0.6) is 0 Å². The average molecular weight is 272 g/mol. The summed E-state index contributed by atoms with van der Waals surface area (Å²) in [5.41, 5.74) is 6.71. The highest BCUT2D eigenvalue weighted by Gasteiger charge is 2.11. The van der Waals surface area contributed by atoms with Gasteiger partial charge in [0, 0.05) is 11.4 Å². The summed E-state index contributed by atoms with van der Waals surface area (Å²) in [7, 11) is 0. The highest BCUT2D eigenvalue weighted by molar-refractivity contribution is 5.89. The van der Waals surface area contributed by atoms with Crippen LogP contribution in [-0.2, 0) is 0 Å². The topological polar surface area (TPSA) is 63.8 Å². The van der Waals surface area contributed by atoms with Crippen molar-refractivity contribution in [2.75, 3.05) is 11.1 Å². The zero-order valence-corrected chi connectivity index (χ0v) is 12.4. The molecule has 0 aliphatic rings. The van der Waals surface area contributed by atoms with Crippen LogP contribution in [0.15, 0.2) is 24.3 Å². The van der Waals surface area contributed by atoms with Crippen molar-refractivity contribution in [3.05, 3.63) is 24.3 Å². The van der Waals surface area contributed by atoms with Gasteiger partial charge in [0.2, 0.25) is 5.95 Å². The Hall–Kier alpha value is -1.84. The number of anilines is 2. The van der Waals surface area contributed by atoms with Crippen LogP contribution in [0.2, 0.25) is 0 Å². The lowest BCUT2D eigenvalue weighted by Crippen LogP contribution is -2.20. The van der Waals surface area contributed by atoms with E-state index in [-0.39, 0.29) is 0 Å². The third-order valence-corrected chi connectivity index (χ3v) is 3.50. The molecule has 1 heterocycles. The van der Waals surface area contributed by atoms with E-state index in [1.165, 1.54) is 25.7 Å². The molecule has 0 aliphatic carbocycles. The Kier molecular flexibility index (Phi) is 5.16. The second-order valence-corrected chi connectivity index (χ2v) is 5.22. The molecule has 2 aromatic rings.